The Balaban J connectivity index is 2.58. The normalized spacial score (nSPS) is 10.3. The first-order valence-electron chi connectivity index (χ1n) is 4.32. The molecule has 1 aromatic carbocycles. The zero-order chi connectivity index (χ0) is 11.7. The molecular weight excluding hydrogens is 230 g/mol. The van der Waals surface area contributed by atoms with Gasteiger partial charge in [0.25, 0.3) is 0 Å². The highest BCUT2D eigenvalue weighted by Crippen LogP contribution is 2.28. The molecule has 0 saturated heterocycles. The second-order valence-corrected chi connectivity index (χ2v) is 3.45. The van der Waals surface area contributed by atoms with E-state index >= 15 is 0 Å². The Bertz CT molecular complexity index is 525. The number of phenols is 1. The lowest BCUT2D eigenvalue weighted by atomic mass is 10.2. The van der Waals surface area contributed by atoms with Gasteiger partial charge in [0.2, 0.25) is 11.9 Å². The van der Waals surface area contributed by atoms with Crippen LogP contribution < -0.4 is 11.5 Å². The summed E-state index contributed by atoms with van der Waals surface area (Å²) in [6.07, 6.45) is 0. The fourth-order valence-corrected chi connectivity index (χ4v) is 1.47. The van der Waals surface area contributed by atoms with Crippen molar-refractivity contribution in [2.24, 2.45) is 0 Å². The number of nitrogen functional groups attached to an aromatic ring is 2. The van der Waals surface area contributed by atoms with Gasteiger partial charge in [-0.3, -0.25) is 0 Å². The zero-order valence-corrected chi connectivity index (χ0v) is 8.81. The Morgan fingerprint density at radius 3 is 2.25 bits per heavy atom. The summed E-state index contributed by atoms with van der Waals surface area (Å²) >= 11 is 5.93. The minimum Gasteiger partial charge on any atom is -0.508 e. The van der Waals surface area contributed by atoms with Crippen molar-refractivity contribution in [3.63, 3.8) is 0 Å². The highest BCUT2D eigenvalue weighted by Gasteiger charge is 2.09. The topological polar surface area (TPSA) is 111 Å². The Morgan fingerprint density at radius 1 is 1.06 bits per heavy atom. The van der Waals surface area contributed by atoms with E-state index in [2.05, 4.69) is 15.0 Å². The minimum absolute atomic E-state index is 0.0200. The number of aromatic hydroxyl groups is 1. The standard InChI is InChI=1S/C9H8ClN5O/c10-6-3-4(16)1-2-5(6)7-13-8(11)15-9(12)14-7/h1-3,16H,(H4,11,12,13,14,15). The van der Waals surface area contributed by atoms with Crippen molar-refractivity contribution in [1.29, 1.82) is 0 Å². The molecule has 0 aliphatic heterocycles. The van der Waals surface area contributed by atoms with Gasteiger partial charge >= 0.3 is 0 Å². The third kappa shape index (κ3) is 1.96. The summed E-state index contributed by atoms with van der Waals surface area (Å²) in [6, 6.07) is 4.43. The fraction of sp³-hybridized carbons (Fsp3) is 0. The number of nitrogens with two attached hydrogens (primary N) is 2. The van der Waals surface area contributed by atoms with Crippen LogP contribution in [0.4, 0.5) is 11.9 Å². The van der Waals surface area contributed by atoms with Crippen LogP contribution in [0.5, 0.6) is 5.75 Å². The SMILES string of the molecule is Nc1nc(N)nc(-c2ccc(O)cc2Cl)n1. The summed E-state index contributed by atoms with van der Waals surface area (Å²) in [4.78, 5) is 11.5. The smallest absolute Gasteiger partial charge is 0.225 e. The summed E-state index contributed by atoms with van der Waals surface area (Å²) < 4.78 is 0. The minimum atomic E-state index is 0.0200. The number of benzene rings is 1. The zero-order valence-electron chi connectivity index (χ0n) is 8.05. The molecule has 0 fully saturated rings. The number of phenolic OH excluding ortho intramolecular Hbond substituents is 1. The lowest BCUT2D eigenvalue weighted by Crippen LogP contribution is -2.04. The van der Waals surface area contributed by atoms with E-state index in [9.17, 15) is 5.11 Å². The number of hydrogen-bond acceptors (Lipinski definition) is 6. The van der Waals surface area contributed by atoms with Crippen LogP contribution in [0, 0.1) is 0 Å². The Kier molecular flexibility index (Phi) is 2.49. The summed E-state index contributed by atoms with van der Waals surface area (Å²) in [5, 5.41) is 9.52. The summed E-state index contributed by atoms with van der Waals surface area (Å²) in [5.74, 6) is 0.372. The Hall–Kier alpha value is -2.08. The van der Waals surface area contributed by atoms with Crippen molar-refractivity contribution in [2.75, 3.05) is 11.5 Å². The Morgan fingerprint density at radius 2 is 1.69 bits per heavy atom. The predicted molar refractivity (Wildman–Crippen MR) is 60.8 cm³/mol. The van der Waals surface area contributed by atoms with Crippen LogP contribution in [0.2, 0.25) is 5.02 Å². The van der Waals surface area contributed by atoms with Gasteiger partial charge in [0.1, 0.15) is 5.75 Å². The van der Waals surface area contributed by atoms with Crippen molar-refractivity contribution >= 4 is 23.5 Å². The number of anilines is 2. The Labute approximate surface area is 95.9 Å². The van der Waals surface area contributed by atoms with Crippen LogP contribution in [0.25, 0.3) is 11.4 Å². The number of aromatic nitrogens is 3. The van der Waals surface area contributed by atoms with Gasteiger partial charge in [-0.25, -0.2) is 0 Å². The average molecular weight is 238 g/mol. The van der Waals surface area contributed by atoms with Crippen LogP contribution in [0.3, 0.4) is 0 Å². The van der Waals surface area contributed by atoms with Gasteiger partial charge in [-0.1, -0.05) is 11.6 Å². The van der Waals surface area contributed by atoms with Crippen molar-refractivity contribution < 1.29 is 5.11 Å². The van der Waals surface area contributed by atoms with Gasteiger partial charge in [-0.05, 0) is 18.2 Å². The molecule has 0 unspecified atom stereocenters. The van der Waals surface area contributed by atoms with Gasteiger partial charge in [0, 0.05) is 5.56 Å². The molecule has 2 rings (SSSR count). The predicted octanol–water partition coefficient (Wildman–Crippen LogP) is 1.06. The molecule has 1 aromatic heterocycles. The van der Waals surface area contributed by atoms with Gasteiger partial charge in [-0.15, -0.1) is 0 Å². The number of rotatable bonds is 1. The van der Waals surface area contributed by atoms with E-state index in [1.54, 1.807) is 6.07 Å². The van der Waals surface area contributed by atoms with Crippen LogP contribution in [-0.2, 0) is 0 Å². The summed E-state index contributed by atoms with van der Waals surface area (Å²) in [6.45, 7) is 0. The average Bonchev–Trinajstić information content (AvgIpc) is 2.15. The molecule has 1 heterocycles. The molecule has 0 aliphatic rings. The lowest BCUT2D eigenvalue weighted by Gasteiger charge is -2.04. The third-order valence-corrected chi connectivity index (χ3v) is 2.18. The van der Waals surface area contributed by atoms with Crippen LogP contribution in [0.15, 0.2) is 18.2 Å². The summed E-state index contributed by atoms with van der Waals surface area (Å²) in [7, 11) is 0. The van der Waals surface area contributed by atoms with E-state index in [1.807, 2.05) is 0 Å². The van der Waals surface area contributed by atoms with Crippen molar-refractivity contribution in [1.82, 2.24) is 15.0 Å². The van der Waals surface area contributed by atoms with Crippen LogP contribution in [0.1, 0.15) is 0 Å². The van der Waals surface area contributed by atoms with Gasteiger partial charge < -0.3 is 16.6 Å². The highest BCUT2D eigenvalue weighted by molar-refractivity contribution is 6.33. The molecule has 16 heavy (non-hydrogen) atoms. The van der Waals surface area contributed by atoms with E-state index in [0.717, 1.165) is 0 Å². The second-order valence-electron chi connectivity index (χ2n) is 3.04. The second kappa shape index (κ2) is 3.82. The number of hydrogen-bond donors (Lipinski definition) is 3. The van der Waals surface area contributed by atoms with Crippen LogP contribution >= 0.6 is 11.6 Å². The maximum Gasteiger partial charge on any atom is 0.225 e. The molecule has 0 amide bonds. The van der Waals surface area contributed by atoms with E-state index in [0.29, 0.717) is 10.6 Å². The molecule has 0 bridgehead atoms. The van der Waals surface area contributed by atoms with E-state index in [4.69, 9.17) is 23.1 Å². The highest BCUT2D eigenvalue weighted by atomic mass is 35.5. The molecule has 2 aromatic rings. The molecule has 6 nitrogen and oxygen atoms in total. The maximum atomic E-state index is 9.21. The van der Waals surface area contributed by atoms with E-state index in [1.165, 1.54) is 12.1 Å². The fourth-order valence-electron chi connectivity index (χ4n) is 1.22. The van der Waals surface area contributed by atoms with E-state index < -0.39 is 0 Å². The summed E-state index contributed by atoms with van der Waals surface area (Å²) in [5.41, 5.74) is 11.4. The molecule has 0 spiro atoms. The monoisotopic (exact) mass is 237 g/mol. The third-order valence-electron chi connectivity index (χ3n) is 1.86. The van der Waals surface area contributed by atoms with Gasteiger partial charge in [0.15, 0.2) is 5.82 Å². The molecular formula is C9H8ClN5O. The molecule has 7 heteroatoms. The molecule has 5 N–H and O–H groups in total. The number of nitrogens with zero attached hydrogens (tertiary/aromatic N) is 3. The van der Waals surface area contributed by atoms with Crippen molar-refractivity contribution in [3.05, 3.63) is 23.2 Å². The quantitative estimate of drug-likeness (QED) is 0.684. The molecule has 0 aliphatic carbocycles. The first-order valence-corrected chi connectivity index (χ1v) is 4.70. The lowest BCUT2D eigenvalue weighted by molar-refractivity contribution is 0.475. The van der Waals surface area contributed by atoms with Crippen LogP contribution in [-0.4, -0.2) is 20.1 Å². The molecule has 0 radical (unpaired) electrons. The number of halogens is 1. The molecule has 0 saturated carbocycles. The largest absolute Gasteiger partial charge is 0.508 e. The molecule has 0 atom stereocenters. The van der Waals surface area contributed by atoms with Gasteiger partial charge in [0.05, 0.1) is 5.02 Å². The maximum absolute atomic E-state index is 9.21. The first kappa shape index (κ1) is 10.4. The first-order chi connectivity index (χ1) is 7.56. The van der Waals surface area contributed by atoms with E-state index in [-0.39, 0.29) is 23.5 Å². The van der Waals surface area contributed by atoms with Crippen molar-refractivity contribution in [2.45, 2.75) is 0 Å². The molecule has 82 valence electrons. The van der Waals surface area contributed by atoms with Crippen molar-refractivity contribution in [3.8, 4) is 17.1 Å². The van der Waals surface area contributed by atoms with Gasteiger partial charge in [-0.2, -0.15) is 15.0 Å².